The standard InChI is InChI=1S/C12H8Br2F2S/c13-9(7-4-12(14)17-6-7)5-8-10(15)2-1-3-11(8)16/h1-4,6,9H,5H2. The molecule has 0 amide bonds. The van der Waals surface area contributed by atoms with Gasteiger partial charge in [-0.1, -0.05) is 22.0 Å². The van der Waals surface area contributed by atoms with Crippen molar-refractivity contribution in [2.75, 3.05) is 0 Å². The van der Waals surface area contributed by atoms with Gasteiger partial charge in [0.1, 0.15) is 11.6 Å². The van der Waals surface area contributed by atoms with Gasteiger partial charge < -0.3 is 0 Å². The van der Waals surface area contributed by atoms with Gasteiger partial charge in [0.2, 0.25) is 0 Å². The molecule has 1 atom stereocenters. The molecule has 0 saturated carbocycles. The summed E-state index contributed by atoms with van der Waals surface area (Å²) >= 11 is 8.37. The fraction of sp³-hybridized carbons (Fsp3) is 0.167. The second-order valence-corrected chi connectivity index (χ2v) is 6.95. The smallest absolute Gasteiger partial charge is 0.129 e. The number of rotatable bonds is 3. The summed E-state index contributed by atoms with van der Waals surface area (Å²) in [5.74, 6) is -0.993. The maximum absolute atomic E-state index is 13.5. The van der Waals surface area contributed by atoms with Gasteiger partial charge in [-0.25, -0.2) is 8.78 Å². The normalized spacial score (nSPS) is 12.7. The van der Waals surface area contributed by atoms with E-state index in [-0.39, 0.29) is 10.4 Å². The minimum Gasteiger partial charge on any atom is -0.207 e. The number of hydrogen-bond donors (Lipinski definition) is 0. The third kappa shape index (κ3) is 3.14. The van der Waals surface area contributed by atoms with E-state index >= 15 is 0 Å². The Labute approximate surface area is 119 Å². The van der Waals surface area contributed by atoms with Crippen LogP contribution < -0.4 is 0 Å². The van der Waals surface area contributed by atoms with E-state index in [2.05, 4.69) is 31.9 Å². The van der Waals surface area contributed by atoms with Crippen molar-refractivity contribution in [3.63, 3.8) is 0 Å². The Hall–Kier alpha value is -0.260. The maximum atomic E-state index is 13.5. The first-order valence-corrected chi connectivity index (χ1v) is 7.47. The van der Waals surface area contributed by atoms with Crippen molar-refractivity contribution in [3.8, 4) is 0 Å². The highest BCUT2D eigenvalue weighted by atomic mass is 79.9. The van der Waals surface area contributed by atoms with Gasteiger partial charge in [0.15, 0.2) is 0 Å². The number of hydrogen-bond acceptors (Lipinski definition) is 1. The summed E-state index contributed by atoms with van der Waals surface area (Å²) in [7, 11) is 0. The van der Waals surface area contributed by atoms with Gasteiger partial charge in [-0.05, 0) is 51.5 Å². The second kappa shape index (κ2) is 5.59. The molecule has 1 heterocycles. The van der Waals surface area contributed by atoms with Crippen molar-refractivity contribution in [3.05, 3.63) is 56.2 Å². The quantitative estimate of drug-likeness (QED) is 0.618. The van der Waals surface area contributed by atoms with Crippen LogP contribution in [0.3, 0.4) is 0 Å². The molecule has 1 unspecified atom stereocenters. The lowest BCUT2D eigenvalue weighted by Crippen LogP contribution is -2.00. The molecule has 1 aromatic carbocycles. The van der Waals surface area contributed by atoms with Gasteiger partial charge in [-0.3, -0.25) is 0 Å². The molecule has 0 N–H and O–H groups in total. The summed E-state index contributed by atoms with van der Waals surface area (Å²) < 4.78 is 27.9. The van der Waals surface area contributed by atoms with Crippen molar-refractivity contribution in [2.45, 2.75) is 11.2 Å². The third-order valence-electron chi connectivity index (χ3n) is 2.39. The molecule has 0 aliphatic rings. The number of thiophene rings is 1. The predicted octanol–water partition coefficient (Wildman–Crippen LogP) is 5.47. The predicted molar refractivity (Wildman–Crippen MR) is 73.7 cm³/mol. The highest BCUT2D eigenvalue weighted by Crippen LogP contribution is 2.33. The van der Waals surface area contributed by atoms with Crippen LogP contribution in [0.5, 0.6) is 0 Å². The van der Waals surface area contributed by atoms with Crippen LogP contribution in [0.1, 0.15) is 16.0 Å². The first-order valence-electron chi connectivity index (χ1n) is 4.89. The van der Waals surface area contributed by atoms with E-state index < -0.39 is 11.6 Å². The Kier molecular flexibility index (Phi) is 4.33. The number of halogens is 4. The van der Waals surface area contributed by atoms with Crippen LogP contribution in [0.4, 0.5) is 8.78 Å². The number of benzene rings is 1. The Morgan fingerprint density at radius 2 is 1.88 bits per heavy atom. The Bertz CT molecular complexity index is 505. The van der Waals surface area contributed by atoms with Crippen molar-refractivity contribution in [1.29, 1.82) is 0 Å². The summed E-state index contributed by atoms with van der Waals surface area (Å²) in [6, 6.07) is 5.88. The fourth-order valence-corrected chi connectivity index (χ4v) is 3.50. The van der Waals surface area contributed by atoms with E-state index in [9.17, 15) is 8.78 Å². The zero-order chi connectivity index (χ0) is 12.4. The van der Waals surface area contributed by atoms with Crippen LogP contribution in [0, 0.1) is 11.6 Å². The summed E-state index contributed by atoms with van der Waals surface area (Å²) in [5.41, 5.74) is 1.14. The van der Waals surface area contributed by atoms with Gasteiger partial charge in [0, 0.05) is 10.4 Å². The SMILES string of the molecule is Fc1cccc(F)c1CC(Br)c1csc(Br)c1. The summed E-state index contributed by atoms with van der Waals surface area (Å²) in [6.45, 7) is 0. The van der Waals surface area contributed by atoms with E-state index in [1.807, 2.05) is 11.4 Å². The summed E-state index contributed by atoms with van der Waals surface area (Å²) in [4.78, 5) is -0.0866. The highest BCUT2D eigenvalue weighted by Gasteiger charge is 2.16. The van der Waals surface area contributed by atoms with E-state index in [0.717, 1.165) is 9.35 Å². The molecule has 0 aliphatic heterocycles. The highest BCUT2D eigenvalue weighted by molar-refractivity contribution is 9.11. The van der Waals surface area contributed by atoms with Crippen molar-refractivity contribution < 1.29 is 8.78 Å². The molecule has 0 saturated heterocycles. The van der Waals surface area contributed by atoms with Crippen molar-refractivity contribution >= 4 is 43.2 Å². The largest absolute Gasteiger partial charge is 0.207 e. The minimum absolute atomic E-state index is 0.0866. The van der Waals surface area contributed by atoms with Gasteiger partial charge >= 0.3 is 0 Å². The molecule has 17 heavy (non-hydrogen) atoms. The Morgan fingerprint density at radius 3 is 2.41 bits per heavy atom. The molecule has 0 aliphatic carbocycles. The van der Waals surface area contributed by atoms with Crippen LogP contribution >= 0.6 is 43.2 Å². The summed E-state index contributed by atoms with van der Waals surface area (Å²) in [6.07, 6.45) is 0.293. The lowest BCUT2D eigenvalue weighted by atomic mass is 10.1. The number of alkyl halides is 1. The fourth-order valence-electron chi connectivity index (χ4n) is 1.51. The zero-order valence-corrected chi connectivity index (χ0v) is 12.6. The molecule has 1 aromatic heterocycles. The van der Waals surface area contributed by atoms with Crippen LogP contribution in [0.2, 0.25) is 0 Å². The molecule has 0 radical (unpaired) electrons. The zero-order valence-electron chi connectivity index (χ0n) is 8.59. The van der Waals surface area contributed by atoms with Crippen LogP contribution in [-0.4, -0.2) is 0 Å². The lowest BCUT2D eigenvalue weighted by Gasteiger charge is -2.09. The van der Waals surface area contributed by atoms with Crippen LogP contribution in [0.15, 0.2) is 33.4 Å². The van der Waals surface area contributed by atoms with E-state index in [1.54, 1.807) is 11.3 Å². The van der Waals surface area contributed by atoms with E-state index in [1.165, 1.54) is 18.2 Å². The topological polar surface area (TPSA) is 0 Å². The van der Waals surface area contributed by atoms with Gasteiger partial charge in [0.05, 0.1) is 3.79 Å². The van der Waals surface area contributed by atoms with E-state index in [4.69, 9.17) is 0 Å². The molecule has 5 heteroatoms. The van der Waals surface area contributed by atoms with Gasteiger partial charge in [-0.15, -0.1) is 11.3 Å². The van der Waals surface area contributed by atoms with E-state index in [0.29, 0.717) is 6.42 Å². The van der Waals surface area contributed by atoms with Crippen LogP contribution in [0.25, 0.3) is 0 Å². The van der Waals surface area contributed by atoms with Crippen LogP contribution in [-0.2, 0) is 6.42 Å². The van der Waals surface area contributed by atoms with Gasteiger partial charge in [-0.2, -0.15) is 0 Å². The third-order valence-corrected chi connectivity index (χ3v) is 4.77. The molecule has 0 spiro atoms. The Morgan fingerprint density at radius 1 is 1.24 bits per heavy atom. The molecule has 0 nitrogen and oxygen atoms in total. The minimum atomic E-state index is -0.497. The van der Waals surface area contributed by atoms with Crippen molar-refractivity contribution in [1.82, 2.24) is 0 Å². The average Bonchev–Trinajstić information content (AvgIpc) is 2.70. The molecule has 2 rings (SSSR count). The second-order valence-electron chi connectivity index (χ2n) is 3.56. The van der Waals surface area contributed by atoms with Crippen molar-refractivity contribution in [2.24, 2.45) is 0 Å². The first-order chi connectivity index (χ1) is 8.08. The van der Waals surface area contributed by atoms with Gasteiger partial charge in [0.25, 0.3) is 0 Å². The maximum Gasteiger partial charge on any atom is 0.129 e. The Balaban J connectivity index is 2.21. The molecule has 0 bridgehead atoms. The molecule has 0 fully saturated rings. The first kappa shape index (κ1) is 13.2. The molecule has 2 aromatic rings. The lowest BCUT2D eigenvalue weighted by molar-refractivity contribution is 0.554. The summed E-state index contributed by atoms with van der Waals surface area (Å²) in [5, 5.41) is 1.96. The average molecular weight is 382 g/mol. The molecule has 90 valence electrons. The monoisotopic (exact) mass is 380 g/mol. The molecular weight excluding hydrogens is 374 g/mol. The molecular formula is C12H8Br2F2S.